The van der Waals surface area contributed by atoms with E-state index in [0.717, 1.165) is 23.4 Å². The second-order valence-electron chi connectivity index (χ2n) is 7.62. The van der Waals surface area contributed by atoms with Crippen LogP contribution in [0.5, 0.6) is 11.5 Å². The number of rotatable bonds is 9. The number of anilines is 2. The first-order valence-electron chi connectivity index (χ1n) is 10.5. The summed E-state index contributed by atoms with van der Waals surface area (Å²) >= 11 is 0. The summed E-state index contributed by atoms with van der Waals surface area (Å²) in [6.45, 7) is 1.55. The van der Waals surface area contributed by atoms with E-state index in [0.29, 0.717) is 43.4 Å². The molecule has 3 heterocycles. The van der Waals surface area contributed by atoms with Gasteiger partial charge in [0.2, 0.25) is 5.91 Å². The van der Waals surface area contributed by atoms with Gasteiger partial charge in [-0.3, -0.25) is 9.78 Å². The van der Waals surface area contributed by atoms with Gasteiger partial charge >= 0.3 is 5.97 Å². The lowest BCUT2D eigenvalue weighted by molar-refractivity contribution is -0.128. The zero-order valence-corrected chi connectivity index (χ0v) is 18.2. The Morgan fingerprint density at radius 2 is 2.03 bits per heavy atom. The summed E-state index contributed by atoms with van der Waals surface area (Å²) in [6.07, 6.45) is 4.34. The highest BCUT2D eigenvalue weighted by Crippen LogP contribution is 2.31. The van der Waals surface area contributed by atoms with E-state index >= 15 is 0 Å². The monoisotopic (exact) mass is 448 g/mol. The van der Waals surface area contributed by atoms with Crippen molar-refractivity contribution >= 4 is 23.4 Å². The topological polar surface area (TPSA) is 114 Å². The molecule has 9 nitrogen and oxygen atoms in total. The number of likely N-dealkylation sites (tertiary alicyclic amines) is 1. The number of methoxy groups -OCH3 is 1. The number of benzene rings is 1. The Balaban J connectivity index is 1.57. The van der Waals surface area contributed by atoms with Crippen LogP contribution >= 0.6 is 0 Å². The molecule has 33 heavy (non-hydrogen) atoms. The number of hydrogen-bond donors (Lipinski definition) is 2. The molecular formula is C24H24N4O5. The van der Waals surface area contributed by atoms with Crippen LogP contribution in [0.25, 0.3) is 0 Å². The number of hydrogen-bond acceptors (Lipinski definition) is 7. The number of carbonyl (C=O) groups excluding carboxylic acids is 1. The second kappa shape index (κ2) is 10.1. The Morgan fingerprint density at radius 3 is 2.67 bits per heavy atom. The molecule has 3 aromatic rings. The average molecular weight is 448 g/mol. The van der Waals surface area contributed by atoms with Crippen LogP contribution in [-0.2, 0) is 22.7 Å². The number of carbonyl (C=O) groups is 2. The lowest BCUT2D eigenvalue weighted by atomic mass is 10.1. The summed E-state index contributed by atoms with van der Waals surface area (Å²) in [7, 11) is 1.61. The van der Waals surface area contributed by atoms with E-state index in [1.807, 2.05) is 35.2 Å². The fourth-order valence-electron chi connectivity index (χ4n) is 3.53. The van der Waals surface area contributed by atoms with Gasteiger partial charge in [0.15, 0.2) is 0 Å². The van der Waals surface area contributed by atoms with E-state index in [-0.39, 0.29) is 11.5 Å². The van der Waals surface area contributed by atoms with Crippen molar-refractivity contribution in [3.05, 3.63) is 71.7 Å². The van der Waals surface area contributed by atoms with E-state index in [2.05, 4.69) is 15.3 Å². The zero-order valence-electron chi connectivity index (χ0n) is 18.2. The molecule has 170 valence electrons. The molecule has 1 aliphatic heterocycles. The van der Waals surface area contributed by atoms with Crippen molar-refractivity contribution in [2.75, 3.05) is 19.0 Å². The van der Waals surface area contributed by atoms with Crippen molar-refractivity contribution < 1.29 is 24.2 Å². The molecule has 0 saturated carbocycles. The Hall–Kier alpha value is -3.98. The van der Waals surface area contributed by atoms with Crippen LogP contribution in [-0.4, -0.2) is 45.5 Å². The summed E-state index contributed by atoms with van der Waals surface area (Å²) in [5.74, 6) is 0.801. The number of nitrogens with zero attached hydrogens (tertiary/aromatic N) is 3. The fourth-order valence-corrected chi connectivity index (χ4v) is 3.53. The number of carboxylic acids is 1. The number of aromatic nitrogens is 2. The molecule has 0 radical (unpaired) electrons. The van der Waals surface area contributed by atoms with Crippen LogP contribution in [0.1, 0.15) is 34.5 Å². The summed E-state index contributed by atoms with van der Waals surface area (Å²) in [4.78, 5) is 33.5. The first-order valence-corrected chi connectivity index (χ1v) is 10.5. The van der Waals surface area contributed by atoms with Gasteiger partial charge in [-0.1, -0.05) is 0 Å². The lowest BCUT2D eigenvalue weighted by Gasteiger charge is -2.19. The van der Waals surface area contributed by atoms with E-state index < -0.39 is 5.97 Å². The third-order valence-corrected chi connectivity index (χ3v) is 5.19. The number of nitrogens with one attached hydrogen (secondary N) is 1. The lowest BCUT2D eigenvalue weighted by Crippen LogP contribution is -2.24. The van der Waals surface area contributed by atoms with Gasteiger partial charge in [0.25, 0.3) is 0 Å². The van der Waals surface area contributed by atoms with Crippen molar-refractivity contribution in [1.29, 1.82) is 0 Å². The van der Waals surface area contributed by atoms with E-state index in [9.17, 15) is 9.59 Å². The first kappa shape index (κ1) is 22.2. The molecule has 0 unspecified atom stereocenters. The standard InChI is InChI=1S/C24H24N4O5/c1-32-15-19-5-7-20(13-25-19)33-21-8-6-18(11-17(21)14-28-10-2-3-23(28)29)27-22-9-4-16(12-26-22)24(30)31/h4-9,11-13H,2-3,10,14-15H2,1H3,(H,26,27)(H,30,31). The molecule has 4 rings (SSSR count). The Bertz CT molecular complexity index is 1130. The average Bonchev–Trinajstić information content (AvgIpc) is 3.21. The third-order valence-electron chi connectivity index (χ3n) is 5.19. The summed E-state index contributed by atoms with van der Waals surface area (Å²) in [5, 5.41) is 12.2. The molecule has 0 atom stereocenters. The largest absolute Gasteiger partial charge is 0.478 e. The number of amides is 1. The van der Waals surface area contributed by atoms with Gasteiger partial charge in [-0.05, 0) is 48.9 Å². The minimum Gasteiger partial charge on any atom is -0.478 e. The highest BCUT2D eigenvalue weighted by atomic mass is 16.5. The normalized spacial score (nSPS) is 13.2. The van der Waals surface area contributed by atoms with Gasteiger partial charge in [-0.25, -0.2) is 9.78 Å². The van der Waals surface area contributed by atoms with Crippen LogP contribution < -0.4 is 10.1 Å². The molecule has 0 bridgehead atoms. The van der Waals surface area contributed by atoms with Crippen molar-refractivity contribution in [1.82, 2.24) is 14.9 Å². The van der Waals surface area contributed by atoms with Gasteiger partial charge in [0.05, 0.1) is 24.1 Å². The highest BCUT2D eigenvalue weighted by Gasteiger charge is 2.22. The smallest absolute Gasteiger partial charge is 0.337 e. The fraction of sp³-hybridized carbons (Fsp3) is 0.250. The highest BCUT2D eigenvalue weighted by molar-refractivity contribution is 5.87. The SMILES string of the molecule is COCc1ccc(Oc2ccc(Nc3ccc(C(=O)O)cn3)cc2CN2CCCC2=O)cn1. The van der Waals surface area contributed by atoms with Crippen molar-refractivity contribution in [2.24, 2.45) is 0 Å². The number of aromatic carboxylic acids is 1. The summed E-state index contributed by atoms with van der Waals surface area (Å²) < 4.78 is 11.2. The number of pyridine rings is 2. The van der Waals surface area contributed by atoms with Gasteiger partial charge in [-0.2, -0.15) is 0 Å². The molecule has 2 aromatic heterocycles. The zero-order chi connectivity index (χ0) is 23.2. The maximum Gasteiger partial charge on any atom is 0.337 e. The maximum absolute atomic E-state index is 12.2. The predicted octanol–water partition coefficient (Wildman–Crippen LogP) is 3.98. The van der Waals surface area contributed by atoms with E-state index in [1.165, 1.54) is 12.3 Å². The number of ether oxygens (including phenoxy) is 2. The van der Waals surface area contributed by atoms with E-state index in [4.69, 9.17) is 14.6 Å². The summed E-state index contributed by atoms with van der Waals surface area (Å²) in [6, 6.07) is 12.3. The van der Waals surface area contributed by atoms with E-state index in [1.54, 1.807) is 19.4 Å². The van der Waals surface area contributed by atoms with Gasteiger partial charge in [0, 0.05) is 44.1 Å². The van der Waals surface area contributed by atoms with Crippen LogP contribution in [0.15, 0.2) is 54.9 Å². The van der Waals surface area contributed by atoms with Crippen LogP contribution in [0, 0.1) is 0 Å². The third kappa shape index (κ3) is 5.64. The minimum absolute atomic E-state index is 0.114. The quantitative estimate of drug-likeness (QED) is 0.505. The van der Waals surface area contributed by atoms with Crippen molar-refractivity contribution in [3.8, 4) is 11.5 Å². The van der Waals surface area contributed by atoms with Crippen LogP contribution in [0.4, 0.5) is 11.5 Å². The Kier molecular flexibility index (Phi) is 6.80. The molecule has 2 N–H and O–H groups in total. The molecule has 9 heteroatoms. The molecule has 1 aromatic carbocycles. The first-order chi connectivity index (χ1) is 16.0. The number of carboxylic acid groups (broad SMARTS) is 1. The Morgan fingerprint density at radius 1 is 1.15 bits per heavy atom. The molecular weight excluding hydrogens is 424 g/mol. The van der Waals surface area contributed by atoms with Crippen molar-refractivity contribution in [3.63, 3.8) is 0 Å². The van der Waals surface area contributed by atoms with Gasteiger partial charge < -0.3 is 24.8 Å². The van der Waals surface area contributed by atoms with Gasteiger partial charge in [-0.15, -0.1) is 0 Å². The van der Waals surface area contributed by atoms with Gasteiger partial charge in [0.1, 0.15) is 17.3 Å². The molecule has 1 amide bonds. The molecule has 1 fully saturated rings. The second-order valence-corrected chi connectivity index (χ2v) is 7.62. The van der Waals surface area contributed by atoms with Crippen LogP contribution in [0.2, 0.25) is 0 Å². The Labute approximate surface area is 191 Å². The van der Waals surface area contributed by atoms with Crippen LogP contribution in [0.3, 0.4) is 0 Å². The predicted molar refractivity (Wildman–Crippen MR) is 121 cm³/mol. The molecule has 0 spiro atoms. The maximum atomic E-state index is 12.2. The van der Waals surface area contributed by atoms with Crippen molar-refractivity contribution in [2.45, 2.75) is 26.0 Å². The minimum atomic E-state index is -1.03. The molecule has 1 saturated heterocycles. The molecule has 1 aliphatic rings. The summed E-state index contributed by atoms with van der Waals surface area (Å²) in [5.41, 5.74) is 2.49. The molecule has 0 aliphatic carbocycles.